The second kappa shape index (κ2) is 12.0. The first-order valence-electron chi connectivity index (χ1n) is 19.7. The fourth-order valence-corrected chi connectivity index (χ4v) is 10.6. The van der Waals surface area contributed by atoms with Crippen LogP contribution in [0.4, 0.5) is 0 Å². The number of nitrogens with zero attached hydrogens (tertiary/aromatic N) is 4. The maximum absolute atomic E-state index is 5.42. The maximum atomic E-state index is 5.42. The van der Waals surface area contributed by atoms with Crippen molar-refractivity contribution in [2.24, 2.45) is 0 Å². The summed E-state index contributed by atoms with van der Waals surface area (Å²) in [4.78, 5) is 5.42. The maximum Gasteiger partial charge on any atom is 0.138 e. The van der Waals surface area contributed by atoms with Gasteiger partial charge in [0.2, 0.25) is 0 Å². The standard InChI is InChI=1S/C53H32N4S/c1-6-18-45-36(12-1)37-13-2-7-19-46(37)55(45)34-25-27-49-41(31-34)42-32-35(56-47-20-8-3-14-38(47)39-15-4-9-21-48(39)56)26-28-50(42)57(49)53-23-11-17-44(54-53)33-24-29-52-43(30-33)40-16-5-10-22-51(40)58-52/h1-32H. The van der Waals surface area contributed by atoms with Crippen molar-refractivity contribution >= 4 is 96.9 Å². The molecule has 0 saturated carbocycles. The molecule has 270 valence electrons. The van der Waals surface area contributed by atoms with Crippen LogP contribution in [0, 0.1) is 0 Å². The molecule has 0 aliphatic carbocycles. The predicted molar refractivity (Wildman–Crippen MR) is 246 cm³/mol. The van der Waals surface area contributed by atoms with Crippen molar-refractivity contribution in [3.05, 3.63) is 194 Å². The fraction of sp³-hybridized carbons (Fsp3) is 0. The van der Waals surface area contributed by atoms with E-state index in [0.717, 1.165) is 39.5 Å². The van der Waals surface area contributed by atoms with Crippen molar-refractivity contribution in [2.75, 3.05) is 0 Å². The van der Waals surface area contributed by atoms with Gasteiger partial charge < -0.3 is 9.13 Å². The highest BCUT2D eigenvalue weighted by Gasteiger charge is 2.20. The number of fused-ring (bicyclic) bond motifs is 12. The van der Waals surface area contributed by atoms with Gasteiger partial charge in [0.25, 0.3) is 0 Å². The summed E-state index contributed by atoms with van der Waals surface area (Å²) in [6.07, 6.45) is 0. The third kappa shape index (κ3) is 4.47. The van der Waals surface area contributed by atoms with E-state index < -0.39 is 0 Å². The van der Waals surface area contributed by atoms with Crippen LogP contribution in [0.25, 0.3) is 114 Å². The number of rotatable bonds is 4. The van der Waals surface area contributed by atoms with E-state index in [1.165, 1.54) is 74.6 Å². The van der Waals surface area contributed by atoms with E-state index >= 15 is 0 Å². The minimum atomic E-state index is 0.891. The summed E-state index contributed by atoms with van der Waals surface area (Å²) in [5.74, 6) is 0.891. The van der Waals surface area contributed by atoms with Gasteiger partial charge in [-0.05, 0) is 91.0 Å². The molecule has 0 bridgehead atoms. The highest BCUT2D eigenvalue weighted by molar-refractivity contribution is 7.25. The van der Waals surface area contributed by atoms with Crippen molar-refractivity contribution in [3.63, 3.8) is 0 Å². The molecular formula is C53H32N4S. The molecule has 5 aromatic heterocycles. The lowest BCUT2D eigenvalue weighted by Gasteiger charge is -2.11. The molecule has 4 nitrogen and oxygen atoms in total. The van der Waals surface area contributed by atoms with E-state index in [-0.39, 0.29) is 0 Å². The molecular weight excluding hydrogens is 725 g/mol. The Morgan fingerprint density at radius 2 is 0.776 bits per heavy atom. The lowest BCUT2D eigenvalue weighted by atomic mass is 10.1. The van der Waals surface area contributed by atoms with Gasteiger partial charge in [-0.2, -0.15) is 0 Å². The van der Waals surface area contributed by atoms with Crippen LogP contribution in [0.3, 0.4) is 0 Å². The highest BCUT2D eigenvalue weighted by atomic mass is 32.1. The summed E-state index contributed by atoms with van der Waals surface area (Å²) in [6, 6.07) is 70.6. The fourth-order valence-electron chi connectivity index (χ4n) is 9.52. The van der Waals surface area contributed by atoms with Gasteiger partial charge in [0, 0.05) is 69.4 Å². The molecule has 0 fully saturated rings. The summed E-state index contributed by atoms with van der Waals surface area (Å²) >= 11 is 1.84. The average Bonchev–Trinajstić information content (AvgIpc) is 4.02. The summed E-state index contributed by atoms with van der Waals surface area (Å²) in [5.41, 5.74) is 11.3. The Hall–Kier alpha value is -7.47. The second-order valence-electron chi connectivity index (χ2n) is 15.2. The minimum absolute atomic E-state index is 0.891. The van der Waals surface area contributed by atoms with E-state index in [4.69, 9.17) is 4.98 Å². The summed E-state index contributed by atoms with van der Waals surface area (Å²) in [5, 5.41) is 9.93. The van der Waals surface area contributed by atoms with Crippen LogP contribution in [-0.4, -0.2) is 18.7 Å². The molecule has 0 aliphatic rings. The van der Waals surface area contributed by atoms with E-state index in [1.807, 2.05) is 11.3 Å². The summed E-state index contributed by atoms with van der Waals surface area (Å²) < 4.78 is 9.77. The number of pyridine rings is 1. The van der Waals surface area contributed by atoms with Crippen LogP contribution >= 0.6 is 11.3 Å². The van der Waals surface area contributed by atoms with E-state index in [0.29, 0.717) is 0 Å². The first kappa shape index (κ1) is 31.7. The predicted octanol–water partition coefficient (Wildman–Crippen LogP) is 14.4. The lowest BCUT2D eigenvalue weighted by Crippen LogP contribution is -1.99. The molecule has 0 amide bonds. The summed E-state index contributed by atoms with van der Waals surface area (Å²) in [6.45, 7) is 0. The first-order valence-corrected chi connectivity index (χ1v) is 20.5. The van der Waals surface area contributed by atoms with Crippen molar-refractivity contribution < 1.29 is 0 Å². The Balaban J connectivity index is 1.07. The van der Waals surface area contributed by atoms with Crippen molar-refractivity contribution in [1.29, 1.82) is 0 Å². The SMILES string of the molecule is c1cc(-c2ccc3sc4ccccc4c3c2)nc(-n2c3ccc(-n4c5ccccc5c5ccccc54)cc3c3cc(-n4c5ccccc5c5ccccc54)ccc32)c1. The van der Waals surface area contributed by atoms with Crippen LogP contribution in [-0.2, 0) is 0 Å². The van der Waals surface area contributed by atoms with E-state index in [1.54, 1.807) is 0 Å². The molecule has 13 rings (SSSR count). The smallest absolute Gasteiger partial charge is 0.138 e. The van der Waals surface area contributed by atoms with Gasteiger partial charge in [0.05, 0.1) is 38.8 Å². The monoisotopic (exact) mass is 756 g/mol. The van der Waals surface area contributed by atoms with Crippen LogP contribution in [0.1, 0.15) is 0 Å². The minimum Gasteiger partial charge on any atom is -0.309 e. The Morgan fingerprint density at radius 1 is 0.310 bits per heavy atom. The van der Waals surface area contributed by atoms with Crippen LogP contribution in [0.5, 0.6) is 0 Å². The van der Waals surface area contributed by atoms with Gasteiger partial charge >= 0.3 is 0 Å². The molecule has 0 saturated heterocycles. The highest BCUT2D eigenvalue weighted by Crippen LogP contribution is 2.40. The van der Waals surface area contributed by atoms with Gasteiger partial charge in [-0.15, -0.1) is 11.3 Å². The molecule has 0 N–H and O–H groups in total. The number of aromatic nitrogens is 4. The molecule has 0 unspecified atom stereocenters. The second-order valence-corrected chi connectivity index (χ2v) is 16.3. The zero-order valence-electron chi connectivity index (χ0n) is 31.2. The van der Waals surface area contributed by atoms with Crippen LogP contribution in [0.15, 0.2) is 194 Å². The normalized spacial score (nSPS) is 12.1. The van der Waals surface area contributed by atoms with Gasteiger partial charge in [-0.3, -0.25) is 4.57 Å². The van der Waals surface area contributed by atoms with Gasteiger partial charge in [0.15, 0.2) is 0 Å². The quantitative estimate of drug-likeness (QED) is 0.176. The molecule has 5 heteroatoms. The topological polar surface area (TPSA) is 27.7 Å². The largest absolute Gasteiger partial charge is 0.309 e. The van der Waals surface area contributed by atoms with Gasteiger partial charge in [-0.25, -0.2) is 4.98 Å². The average molecular weight is 757 g/mol. The molecule has 0 radical (unpaired) electrons. The Kier molecular flexibility index (Phi) is 6.57. The first-order chi connectivity index (χ1) is 28.8. The molecule has 58 heavy (non-hydrogen) atoms. The zero-order chi connectivity index (χ0) is 37.9. The molecule has 0 spiro atoms. The number of hydrogen-bond donors (Lipinski definition) is 0. The third-order valence-corrected chi connectivity index (χ3v) is 13.2. The molecule has 0 atom stereocenters. The molecule has 13 aromatic rings. The Morgan fingerprint density at radius 3 is 1.33 bits per heavy atom. The van der Waals surface area contributed by atoms with Crippen LogP contribution in [0.2, 0.25) is 0 Å². The van der Waals surface area contributed by atoms with E-state index in [2.05, 4.69) is 208 Å². The third-order valence-electron chi connectivity index (χ3n) is 12.0. The molecule has 5 heterocycles. The Labute approximate surface area is 336 Å². The Bertz CT molecular complexity index is 3540. The summed E-state index contributed by atoms with van der Waals surface area (Å²) in [7, 11) is 0. The number of thiophene rings is 1. The number of hydrogen-bond acceptors (Lipinski definition) is 2. The number of benzene rings is 8. The van der Waals surface area contributed by atoms with Crippen molar-refractivity contribution in [2.45, 2.75) is 0 Å². The van der Waals surface area contributed by atoms with E-state index in [9.17, 15) is 0 Å². The lowest BCUT2D eigenvalue weighted by molar-refractivity contribution is 1.08. The van der Waals surface area contributed by atoms with Crippen LogP contribution < -0.4 is 0 Å². The zero-order valence-corrected chi connectivity index (χ0v) is 32.0. The molecule has 8 aromatic carbocycles. The molecule has 0 aliphatic heterocycles. The van der Waals surface area contributed by atoms with Gasteiger partial charge in [0.1, 0.15) is 5.82 Å². The van der Waals surface area contributed by atoms with Crippen molar-refractivity contribution in [3.8, 4) is 28.5 Å². The van der Waals surface area contributed by atoms with Gasteiger partial charge in [-0.1, -0.05) is 103 Å². The van der Waals surface area contributed by atoms with Crippen molar-refractivity contribution in [1.82, 2.24) is 18.7 Å². The number of para-hydroxylation sites is 4.